The van der Waals surface area contributed by atoms with Gasteiger partial charge in [0.05, 0.1) is 24.0 Å². The van der Waals surface area contributed by atoms with Gasteiger partial charge in [0.15, 0.2) is 5.78 Å². The molecule has 6 nitrogen and oxygen atoms in total. The molecule has 35 heavy (non-hydrogen) atoms. The molecule has 7 heteroatoms. The lowest BCUT2D eigenvalue weighted by molar-refractivity contribution is 0.0994. The molecule has 1 saturated carbocycles. The number of ketones is 1. The van der Waals surface area contributed by atoms with Gasteiger partial charge in [-0.25, -0.2) is 4.39 Å². The third kappa shape index (κ3) is 5.21. The van der Waals surface area contributed by atoms with Crippen LogP contribution in [0.3, 0.4) is 0 Å². The molecule has 0 radical (unpaired) electrons. The van der Waals surface area contributed by atoms with Gasteiger partial charge in [-0.15, -0.1) is 0 Å². The highest BCUT2D eigenvalue weighted by Gasteiger charge is 2.28. The standard InChI is InChI=1S/C28H33FN4O2/c1-18-11-19(13-21(30)12-18)23-5-6-31-16-20(23)14-27(34)24-3-4-26(29)25-15-22(17-32-28(24)25)33-7-2-9-35-10-8-33/h3-6,15-19,21H,2,7-14,30H2,1H3/t18-,19+,21-/m0/s1. The molecule has 1 aromatic carbocycles. The Balaban J connectivity index is 1.43. The highest BCUT2D eigenvalue weighted by atomic mass is 19.1. The third-order valence-corrected chi connectivity index (χ3v) is 7.38. The minimum atomic E-state index is -0.371. The molecular weight excluding hydrogens is 443 g/mol. The van der Waals surface area contributed by atoms with Crippen LogP contribution in [0.1, 0.15) is 60.0 Å². The van der Waals surface area contributed by atoms with Crippen molar-refractivity contribution >= 4 is 22.4 Å². The Morgan fingerprint density at radius 3 is 2.91 bits per heavy atom. The smallest absolute Gasteiger partial charge is 0.169 e. The molecular formula is C28H33FN4O2. The molecule has 5 rings (SSSR count). The zero-order valence-corrected chi connectivity index (χ0v) is 20.3. The van der Waals surface area contributed by atoms with E-state index in [4.69, 9.17) is 10.5 Å². The molecule has 1 saturated heterocycles. The summed E-state index contributed by atoms with van der Waals surface area (Å²) in [6, 6.07) is 6.94. The van der Waals surface area contributed by atoms with Crippen molar-refractivity contribution in [2.24, 2.45) is 11.7 Å². The number of hydrogen-bond acceptors (Lipinski definition) is 6. The molecule has 3 heterocycles. The summed E-state index contributed by atoms with van der Waals surface area (Å²) < 4.78 is 20.4. The van der Waals surface area contributed by atoms with Crippen molar-refractivity contribution in [3.63, 3.8) is 0 Å². The van der Waals surface area contributed by atoms with Gasteiger partial charge < -0.3 is 15.4 Å². The van der Waals surface area contributed by atoms with Crippen LogP contribution in [0, 0.1) is 11.7 Å². The van der Waals surface area contributed by atoms with Crippen molar-refractivity contribution in [3.05, 3.63) is 65.4 Å². The van der Waals surface area contributed by atoms with Crippen LogP contribution in [0.2, 0.25) is 0 Å². The third-order valence-electron chi connectivity index (χ3n) is 7.38. The van der Waals surface area contributed by atoms with Crippen molar-refractivity contribution in [1.29, 1.82) is 0 Å². The normalized spacial score (nSPS) is 23.3. The first-order chi connectivity index (χ1) is 17.0. The predicted octanol–water partition coefficient (Wildman–Crippen LogP) is 4.65. The van der Waals surface area contributed by atoms with Gasteiger partial charge in [0.2, 0.25) is 0 Å². The zero-order chi connectivity index (χ0) is 24.4. The maximum absolute atomic E-state index is 14.8. The summed E-state index contributed by atoms with van der Waals surface area (Å²) in [7, 11) is 0. The summed E-state index contributed by atoms with van der Waals surface area (Å²) in [6.07, 6.45) is 9.45. The van der Waals surface area contributed by atoms with Crippen LogP contribution in [0.5, 0.6) is 0 Å². The number of pyridine rings is 2. The van der Waals surface area contributed by atoms with E-state index in [0.29, 0.717) is 34.9 Å². The van der Waals surface area contributed by atoms with Crippen LogP contribution >= 0.6 is 0 Å². The average Bonchev–Trinajstić information content (AvgIpc) is 3.13. The average molecular weight is 477 g/mol. The monoisotopic (exact) mass is 476 g/mol. The Bertz CT molecular complexity index is 1200. The van der Waals surface area contributed by atoms with Crippen molar-refractivity contribution in [1.82, 2.24) is 9.97 Å². The largest absolute Gasteiger partial charge is 0.380 e. The zero-order valence-electron chi connectivity index (χ0n) is 20.3. The Labute approximate surface area is 205 Å². The van der Waals surface area contributed by atoms with Gasteiger partial charge >= 0.3 is 0 Å². The summed E-state index contributed by atoms with van der Waals surface area (Å²) >= 11 is 0. The number of rotatable bonds is 5. The second kappa shape index (κ2) is 10.4. The molecule has 0 unspecified atom stereocenters. The molecule has 3 atom stereocenters. The van der Waals surface area contributed by atoms with Crippen LogP contribution in [-0.4, -0.2) is 48.1 Å². The number of hydrogen-bond donors (Lipinski definition) is 1. The number of anilines is 1. The Morgan fingerprint density at radius 1 is 1.17 bits per heavy atom. The van der Waals surface area contributed by atoms with Gasteiger partial charge in [0.25, 0.3) is 0 Å². The van der Waals surface area contributed by atoms with Crippen molar-refractivity contribution < 1.29 is 13.9 Å². The highest BCUT2D eigenvalue weighted by Crippen LogP contribution is 2.37. The number of fused-ring (bicyclic) bond motifs is 1. The Kier molecular flexibility index (Phi) is 7.07. The summed E-state index contributed by atoms with van der Waals surface area (Å²) in [5.74, 6) is 0.420. The van der Waals surface area contributed by atoms with Gasteiger partial charge in [-0.1, -0.05) is 6.92 Å². The van der Waals surface area contributed by atoms with E-state index in [1.165, 1.54) is 6.07 Å². The van der Waals surface area contributed by atoms with Gasteiger partial charge in [0.1, 0.15) is 5.82 Å². The first kappa shape index (κ1) is 23.8. The second-order valence-electron chi connectivity index (χ2n) is 10.1. The molecule has 0 bridgehead atoms. The summed E-state index contributed by atoms with van der Waals surface area (Å²) in [6.45, 7) is 5.17. The molecule has 1 aliphatic carbocycles. The Hall–Kier alpha value is -2.90. The molecule has 2 aliphatic rings. The van der Waals surface area contributed by atoms with E-state index in [-0.39, 0.29) is 24.1 Å². The molecule has 0 amide bonds. The fourth-order valence-corrected chi connectivity index (χ4v) is 5.74. The molecule has 0 spiro atoms. The molecule has 2 N–H and O–H groups in total. The first-order valence-electron chi connectivity index (χ1n) is 12.6. The topological polar surface area (TPSA) is 81.3 Å². The number of carbonyl (C=O) groups is 1. The minimum absolute atomic E-state index is 0.0826. The quantitative estimate of drug-likeness (QED) is 0.540. The van der Waals surface area contributed by atoms with Gasteiger partial charge in [-0.05, 0) is 72.9 Å². The first-order valence-corrected chi connectivity index (χ1v) is 12.6. The van der Waals surface area contributed by atoms with Gasteiger partial charge in [-0.2, -0.15) is 0 Å². The van der Waals surface area contributed by atoms with Crippen LogP contribution in [0.4, 0.5) is 10.1 Å². The van der Waals surface area contributed by atoms with Crippen molar-refractivity contribution in [2.45, 2.75) is 51.0 Å². The summed E-state index contributed by atoms with van der Waals surface area (Å²) in [5.41, 5.74) is 10.1. The van der Waals surface area contributed by atoms with E-state index in [9.17, 15) is 9.18 Å². The fourth-order valence-electron chi connectivity index (χ4n) is 5.74. The number of ether oxygens (including phenoxy) is 1. The van der Waals surface area contributed by atoms with E-state index in [2.05, 4.69) is 21.8 Å². The van der Waals surface area contributed by atoms with Crippen LogP contribution in [-0.2, 0) is 11.2 Å². The lowest BCUT2D eigenvalue weighted by atomic mass is 9.75. The number of halogens is 1. The van der Waals surface area contributed by atoms with Crippen molar-refractivity contribution in [2.75, 3.05) is 31.2 Å². The van der Waals surface area contributed by atoms with E-state index in [1.54, 1.807) is 30.7 Å². The summed E-state index contributed by atoms with van der Waals surface area (Å²) in [4.78, 5) is 24.5. The molecule has 2 fully saturated rings. The van der Waals surface area contributed by atoms with E-state index in [0.717, 1.165) is 62.2 Å². The van der Waals surface area contributed by atoms with Gasteiger partial charge in [0, 0.05) is 55.5 Å². The van der Waals surface area contributed by atoms with Crippen molar-refractivity contribution in [3.8, 4) is 0 Å². The molecule has 184 valence electrons. The lowest BCUT2D eigenvalue weighted by Crippen LogP contribution is -2.31. The number of carbonyl (C=O) groups excluding carboxylic acids is 1. The lowest BCUT2D eigenvalue weighted by Gasteiger charge is -2.32. The van der Waals surface area contributed by atoms with E-state index in [1.807, 2.05) is 6.07 Å². The number of Topliss-reactive ketones (excluding diaryl/α,β-unsaturated/α-hetero) is 1. The number of nitrogens with zero attached hydrogens (tertiary/aromatic N) is 3. The molecule has 2 aromatic heterocycles. The molecule has 1 aliphatic heterocycles. The van der Waals surface area contributed by atoms with Crippen LogP contribution in [0.15, 0.2) is 42.9 Å². The Morgan fingerprint density at radius 2 is 2.06 bits per heavy atom. The minimum Gasteiger partial charge on any atom is -0.380 e. The highest BCUT2D eigenvalue weighted by molar-refractivity contribution is 6.08. The second-order valence-corrected chi connectivity index (χ2v) is 10.1. The summed E-state index contributed by atoms with van der Waals surface area (Å²) in [5, 5.41) is 0.372. The van der Waals surface area contributed by atoms with Crippen LogP contribution < -0.4 is 10.6 Å². The van der Waals surface area contributed by atoms with Crippen LogP contribution in [0.25, 0.3) is 10.9 Å². The fraction of sp³-hybridized carbons (Fsp3) is 0.464. The number of benzene rings is 1. The van der Waals surface area contributed by atoms with E-state index < -0.39 is 0 Å². The molecule has 3 aromatic rings. The van der Waals surface area contributed by atoms with Gasteiger partial charge in [-0.3, -0.25) is 14.8 Å². The maximum Gasteiger partial charge on any atom is 0.169 e. The van der Waals surface area contributed by atoms with E-state index >= 15 is 0 Å². The predicted molar refractivity (Wildman–Crippen MR) is 135 cm³/mol. The number of aromatic nitrogens is 2. The maximum atomic E-state index is 14.8. The number of nitrogens with two attached hydrogens (primary N) is 1. The SMILES string of the molecule is C[C@@H]1C[C@H](N)C[C@H](c2ccncc2CC(=O)c2ccc(F)c3cc(N4CCCOCC4)cnc23)C1.